The van der Waals surface area contributed by atoms with Crippen LogP contribution in [0.3, 0.4) is 0 Å². The summed E-state index contributed by atoms with van der Waals surface area (Å²) in [5.74, 6) is -0.166. The molecule has 0 aromatic heterocycles. The van der Waals surface area contributed by atoms with Gasteiger partial charge in [-0.2, -0.15) is 0 Å². The van der Waals surface area contributed by atoms with E-state index in [1.165, 1.54) is 0 Å². The summed E-state index contributed by atoms with van der Waals surface area (Å²) < 4.78 is 11.4. The maximum atomic E-state index is 11.5. The quantitative estimate of drug-likeness (QED) is 0.726. The first-order valence-corrected chi connectivity index (χ1v) is 6.09. The molecule has 0 bridgehead atoms. The van der Waals surface area contributed by atoms with Crippen molar-refractivity contribution in [2.24, 2.45) is 0 Å². The van der Waals surface area contributed by atoms with Gasteiger partial charge in [0.1, 0.15) is 11.9 Å². The van der Waals surface area contributed by atoms with Crippen molar-refractivity contribution in [1.82, 2.24) is 4.90 Å². The van der Waals surface area contributed by atoms with E-state index in [1.807, 2.05) is 13.8 Å². The maximum absolute atomic E-state index is 11.5. The van der Waals surface area contributed by atoms with Crippen LogP contribution in [0, 0.1) is 0 Å². The van der Waals surface area contributed by atoms with Gasteiger partial charge in [-0.15, -0.1) is 0 Å². The minimum Gasteiger partial charge on any atom is -0.348 e. The third-order valence-electron chi connectivity index (χ3n) is 3.26. The monoisotopic (exact) mass is 227 g/mol. The van der Waals surface area contributed by atoms with Gasteiger partial charge >= 0.3 is 0 Å². The van der Waals surface area contributed by atoms with Crippen LogP contribution in [-0.2, 0) is 14.3 Å². The molecule has 2 aliphatic rings. The van der Waals surface area contributed by atoms with Gasteiger partial charge < -0.3 is 9.47 Å². The van der Waals surface area contributed by atoms with Gasteiger partial charge in [-0.25, -0.2) is 0 Å². The van der Waals surface area contributed by atoms with Crippen LogP contribution >= 0.6 is 0 Å². The third kappa shape index (κ3) is 2.44. The highest BCUT2D eigenvalue weighted by molar-refractivity contribution is 5.83. The molecule has 2 aliphatic heterocycles. The Hall–Kier alpha value is -0.450. The van der Waals surface area contributed by atoms with E-state index in [2.05, 4.69) is 11.8 Å². The van der Waals surface area contributed by atoms with Gasteiger partial charge in [0.2, 0.25) is 0 Å². The normalized spacial score (nSPS) is 34.8. The molecule has 2 unspecified atom stereocenters. The van der Waals surface area contributed by atoms with Crippen LogP contribution in [0.15, 0.2) is 0 Å². The van der Waals surface area contributed by atoms with E-state index in [-0.39, 0.29) is 12.1 Å². The zero-order chi connectivity index (χ0) is 11.8. The summed E-state index contributed by atoms with van der Waals surface area (Å²) in [6.45, 7) is 8.14. The van der Waals surface area contributed by atoms with Gasteiger partial charge in [0.25, 0.3) is 0 Å². The largest absolute Gasteiger partial charge is 0.348 e. The smallest absolute Gasteiger partial charge is 0.163 e. The fourth-order valence-corrected chi connectivity index (χ4v) is 2.57. The Kier molecular flexibility index (Phi) is 3.33. The van der Waals surface area contributed by atoms with Gasteiger partial charge in [-0.05, 0) is 26.8 Å². The van der Waals surface area contributed by atoms with E-state index >= 15 is 0 Å². The van der Waals surface area contributed by atoms with Gasteiger partial charge in [0.15, 0.2) is 5.79 Å². The summed E-state index contributed by atoms with van der Waals surface area (Å²) in [5, 5.41) is 0. The van der Waals surface area contributed by atoms with Crippen LogP contribution in [0.5, 0.6) is 0 Å². The highest BCUT2D eigenvalue weighted by atomic mass is 16.7. The lowest BCUT2D eigenvalue weighted by Gasteiger charge is -2.27. The lowest BCUT2D eigenvalue weighted by Crippen LogP contribution is -2.41. The van der Waals surface area contributed by atoms with Gasteiger partial charge in [-0.3, -0.25) is 9.69 Å². The lowest BCUT2D eigenvalue weighted by molar-refractivity contribution is -0.145. The Morgan fingerprint density at radius 1 is 1.50 bits per heavy atom. The number of carbonyl (C=O) groups excluding carboxylic acids is 1. The van der Waals surface area contributed by atoms with Crippen LogP contribution in [0.1, 0.15) is 33.6 Å². The first kappa shape index (κ1) is 12.0. The molecule has 0 N–H and O–H groups in total. The summed E-state index contributed by atoms with van der Waals surface area (Å²) in [6, 6.07) is 0.217. The highest BCUT2D eigenvalue weighted by Gasteiger charge is 2.43. The van der Waals surface area contributed by atoms with Crippen LogP contribution in [-0.4, -0.2) is 48.3 Å². The first-order valence-electron chi connectivity index (χ1n) is 6.09. The zero-order valence-electron chi connectivity index (χ0n) is 10.4. The van der Waals surface area contributed by atoms with Crippen molar-refractivity contribution < 1.29 is 14.3 Å². The minimum absolute atomic E-state index is 0.0491. The Balaban J connectivity index is 2.00. The van der Waals surface area contributed by atoms with Gasteiger partial charge in [0, 0.05) is 12.5 Å². The number of hydrogen-bond acceptors (Lipinski definition) is 4. The van der Waals surface area contributed by atoms with Crippen molar-refractivity contribution in [3.05, 3.63) is 0 Å². The Morgan fingerprint density at radius 3 is 2.81 bits per heavy atom. The average molecular weight is 227 g/mol. The number of carbonyl (C=O) groups is 1. The number of nitrogens with zero attached hydrogens (tertiary/aromatic N) is 1. The molecule has 0 aromatic rings. The molecule has 0 amide bonds. The zero-order valence-corrected chi connectivity index (χ0v) is 10.4. The van der Waals surface area contributed by atoms with E-state index in [0.29, 0.717) is 25.4 Å². The summed E-state index contributed by atoms with van der Waals surface area (Å²) in [7, 11) is 0. The topological polar surface area (TPSA) is 38.8 Å². The minimum atomic E-state index is -0.492. The molecule has 0 spiro atoms. The van der Waals surface area contributed by atoms with E-state index in [4.69, 9.17) is 9.47 Å². The third-order valence-corrected chi connectivity index (χ3v) is 3.26. The molecule has 4 nitrogen and oxygen atoms in total. The number of ketones is 1. The number of hydrogen-bond donors (Lipinski definition) is 0. The second-order valence-electron chi connectivity index (χ2n) is 5.15. The summed E-state index contributed by atoms with van der Waals surface area (Å²) in [4.78, 5) is 13.8. The molecule has 0 radical (unpaired) electrons. The van der Waals surface area contributed by atoms with Crippen LogP contribution in [0.4, 0.5) is 0 Å². The van der Waals surface area contributed by atoms with Crippen molar-refractivity contribution in [2.75, 3.05) is 19.7 Å². The highest BCUT2D eigenvalue weighted by Crippen LogP contribution is 2.29. The van der Waals surface area contributed by atoms with Gasteiger partial charge in [0.05, 0.1) is 13.2 Å². The summed E-state index contributed by atoms with van der Waals surface area (Å²) in [6.07, 6.45) is 1.73. The van der Waals surface area contributed by atoms with Crippen LogP contribution < -0.4 is 0 Å². The maximum Gasteiger partial charge on any atom is 0.163 e. The number of rotatable bonds is 3. The second-order valence-corrected chi connectivity index (χ2v) is 5.15. The number of likely N-dealkylation sites (tertiary alicyclic amines) is 1. The van der Waals surface area contributed by atoms with Crippen LogP contribution in [0.25, 0.3) is 0 Å². The predicted octanol–water partition coefficient (Wildman–Crippen LogP) is 1.19. The fourth-order valence-electron chi connectivity index (χ4n) is 2.57. The molecule has 4 heteroatoms. The molecule has 2 saturated heterocycles. The summed E-state index contributed by atoms with van der Waals surface area (Å²) in [5.41, 5.74) is 0. The predicted molar refractivity (Wildman–Crippen MR) is 60.2 cm³/mol. The average Bonchev–Trinajstić information content (AvgIpc) is 2.70. The Bertz CT molecular complexity index is 277. The molecule has 16 heavy (non-hydrogen) atoms. The lowest BCUT2D eigenvalue weighted by atomic mass is 10.1. The van der Waals surface area contributed by atoms with Crippen molar-refractivity contribution in [3.63, 3.8) is 0 Å². The first-order chi connectivity index (χ1) is 7.52. The van der Waals surface area contributed by atoms with Crippen molar-refractivity contribution >= 4 is 5.78 Å². The molecule has 2 fully saturated rings. The molecular weight excluding hydrogens is 206 g/mol. The summed E-state index contributed by atoms with van der Waals surface area (Å²) >= 11 is 0. The molecule has 92 valence electrons. The van der Waals surface area contributed by atoms with E-state index in [0.717, 1.165) is 13.0 Å². The van der Waals surface area contributed by atoms with E-state index < -0.39 is 5.79 Å². The molecule has 2 atom stereocenters. The van der Waals surface area contributed by atoms with Gasteiger partial charge in [-0.1, -0.05) is 6.92 Å². The molecule has 0 aliphatic carbocycles. The standard InChI is InChI=1S/C12H21NO3/c1-4-5-13-7-9(14)6-10(13)11-8-15-12(2,3)16-11/h10-11H,4-8H2,1-3H3. The molecule has 0 aromatic carbocycles. The fraction of sp³-hybridized carbons (Fsp3) is 0.917. The van der Waals surface area contributed by atoms with Crippen molar-refractivity contribution in [1.29, 1.82) is 0 Å². The second kappa shape index (κ2) is 4.43. The van der Waals surface area contributed by atoms with Crippen LogP contribution in [0.2, 0.25) is 0 Å². The van der Waals surface area contributed by atoms with E-state index in [1.54, 1.807) is 0 Å². The Labute approximate surface area is 96.9 Å². The SMILES string of the molecule is CCCN1CC(=O)CC1C1COC(C)(C)O1. The number of ether oxygens (including phenoxy) is 2. The van der Waals surface area contributed by atoms with Crippen molar-refractivity contribution in [3.8, 4) is 0 Å². The molecule has 2 rings (SSSR count). The number of Topliss-reactive ketones (excluding diaryl/α,β-unsaturated/α-hetero) is 1. The molecular formula is C12H21NO3. The molecule has 2 heterocycles. The Morgan fingerprint density at radius 2 is 2.25 bits per heavy atom. The van der Waals surface area contributed by atoms with Crippen molar-refractivity contribution in [2.45, 2.75) is 51.5 Å². The molecule has 0 saturated carbocycles. The van der Waals surface area contributed by atoms with E-state index in [9.17, 15) is 4.79 Å².